The number of halogens is 1. The van der Waals surface area contributed by atoms with Gasteiger partial charge in [0, 0.05) is 0 Å². The van der Waals surface area contributed by atoms with Crippen molar-refractivity contribution in [1.82, 2.24) is 4.90 Å². The third kappa shape index (κ3) is 6.07. The van der Waals surface area contributed by atoms with Crippen LogP contribution in [0.5, 0.6) is 0 Å². The van der Waals surface area contributed by atoms with Crippen LogP contribution in [0.2, 0.25) is 0 Å². The third-order valence-corrected chi connectivity index (χ3v) is 6.50. The number of hydrogen-bond acceptors (Lipinski definition) is 5. The zero-order valence-corrected chi connectivity index (χ0v) is 19.9. The Bertz CT molecular complexity index is 1260. The van der Waals surface area contributed by atoms with Crippen LogP contribution in [0.25, 0.3) is 0 Å². The molecule has 1 atom stereocenters. The van der Waals surface area contributed by atoms with E-state index in [1.54, 1.807) is 30.3 Å². The first-order chi connectivity index (χ1) is 16.2. The summed E-state index contributed by atoms with van der Waals surface area (Å²) in [7, 11) is 0.0948. The Kier molecular flexibility index (Phi) is 8.18. The van der Waals surface area contributed by atoms with Crippen LogP contribution in [-0.2, 0) is 27.1 Å². The maximum Gasteiger partial charge on any atom is 0.294 e. The van der Waals surface area contributed by atoms with Gasteiger partial charge in [-0.1, -0.05) is 36.4 Å². The summed E-state index contributed by atoms with van der Waals surface area (Å²) in [5.74, 6) is -0.250. The minimum atomic E-state index is -4.00. The fraction of sp³-hybridized carbons (Fsp3) is 0.269. The molecule has 0 aromatic heterocycles. The van der Waals surface area contributed by atoms with Crippen LogP contribution in [-0.4, -0.2) is 38.5 Å². The Balaban J connectivity index is 0.000000271. The largest absolute Gasteiger partial charge is 0.361 e. The standard InChI is InChI=1S/C20H21FN2O.C6H6O3S/c1-23(2)11-3-10-20(17-5-7-18(21)8-6-17)19-9-4-15(13-22)12-16(19)14-24-20;7-10(8,9)6-4-2-1-3-5-6/h4-9,12H,3,10-11,14H2,1-2H3;1-5H,(H,7,8,9)/t20-;/m0./s1. The Morgan fingerprint density at radius 2 is 1.76 bits per heavy atom. The molecule has 0 fully saturated rings. The van der Waals surface area contributed by atoms with Gasteiger partial charge in [0.15, 0.2) is 0 Å². The summed E-state index contributed by atoms with van der Waals surface area (Å²) in [6.07, 6.45) is 1.78. The lowest BCUT2D eigenvalue weighted by Gasteiger charge is -2.31. The molecule has 6 nitrogen and oxygen atoms in total. The first-order valence-electron chi connectivity index (χ1n) is 10.8. The molecule has 0 bridgehead atoms. The van der Waals surface area contributed by atoms with E-state index < -0.39 is 15.7 Å². The third-order valence-electron chi connectivity index (χ3n) is 5.63. The molecule has 178 valence electrons. The van der Waals surface area contributed by atoms with Crippen molar-refractivity contribution in [1.29, 1.82) is 5.26 Å². The van der Waals surface area contributed by atoms with Crippen LogP contribution in [0.15, 0.2) is 77.7 Å². The molecule has 3 aromatic carbocycles. The summed E-state index contributed by atoms with van der Waals surface area (Å²) in [5, 5.41) is 9.11. The van der Waals surface area contributed by atoms with E-state index in [4.69, 9.17) is 14.6 Å². The number of nitrogens with zero attached hydrogens (tertiary/aromatic N) is 2. The van der Waals surface area contributed by atoms with E-state index in [1.807, 2.05) is 32.3 Å². The van der Waals surface area contributed by atoms with Crippen molar-refractivity contribution in [3.8, 4) is 6.07 Å². The predicted octanol–water partition coefficient (Wildman–Crippen LogP) is 4.75. The molecular weight excluding hydrogens is 455 g/mol. The van der Waals surface area contributed by atoms with Gasteiger partial charge >= 0.3 is 0 Å². The van der Waals surface area contributed by atoms with Gasteiger partial charge in [-0.2, -0.15) is 13.7 Å². The second-order valence-electron chi connectivity index (χ2n) is 8.30. The minimum absolute atomic E-state index is 0.0741. The van der Waals surface area contributed by atoms with Gasteiger partial charge in [-0.15, -0.1) is 0 Å². The van der Waals surface area contributed by atoms with Crippen LogP contribution in [0.1, 0.15) is 35.1 Å². The smallest absolute Gasteiger partial charge is 0.294 e. The SMILES string of the molecule is CN(C)CCC[C@@]1(c2ccc(F)cc2)OCc2cc(C#N)ccc21.O=S(=O)(O)c1ccccc1. The number of rotatable bonds is 6. The van der Waals surface area contributed by atoms with E-state index in [2.05, 4.69) is 11.0 Å². The Labute approximate surface area is 200 Å². The summed E-state index contributed by atoms with van der Waals surface area (Å²) in [4.78, 5) is 2.07. The number of benzene rings is 3. The topological polar surface area (TPSA) is 90.6 Å². The zero-order chi connectivity index (χ0) is 24.8. The van der Waals surface area contributed by atoms with Gasteiger partial charge in [0.2, 0.25) is 0 Å². The van der Waals surface area contributed by atoms with E-state index >= 15 is 0 Å². The van der Waals surface area contributed by atoms with Crippen LogP contribution < -0.4 is 0 Å². The van der Waals surface area contributed by atoms with Crippen LogP contribution in [0.3, 0.4) is 0 Å². The first-order valence-corrected chi connectivity index (χ1v) is 12.2. The highest BCUT2D eigenvalue weighted by Crippen LogP contribution is 2.45. The van der Waals surface area contributed by atoms with Gasteiger partial charge in [-0.05, 0) is 86.6 Å². The molecule has 4 rings (SSSR count). The summed E-state index contributed by atoms with van der Waals surface area (Å²) in [6.45, 7) is 1.43. The number of hydrogen-bond donors (Lipinski definition) is 1. The highest BCUT2D eigenvalue weighted by atomic mass is 32.2. The van der Waals surface area contributed by atoms with Crippen molar-refractivity contribution in [2.24, 2.45) is 0 Å². The van der Waals surface area contributed by atoms with E-state index in [-0.39, 0.29) is 10.7 Å². The fourth-order valence-corrected chi connectivity index (χ4v) is 4.50. The number of nitriles is 1. The molecule has 0 radical (unpaired) electrons. The second-order valence-corrected chi connectivity index (χ2v) is 9.72. The molecule has 1 heterocycles. The van der Waals surface area contributed by atoms with Gasteiger partial charge in [0.05, 0.1) is 23.1 Å². The van der Waals surface area contributed by atoms with Gasteiger partial charge in [0.25, 0.3) is 10.1 Å². The molecular formula is C26H27FN2O4S. The van der Waals surface area contributed by atoms with Crippen LogP contribution in [0.4, 0.5) is 4.39 Å². The van der Waals surface area contributed by atoms with Crippen molar-refractivity contribution in [2.75, 3.05) is 20.6 Å². The van der Waals surface area contributed by atoms with Gasteiger partial charge in [-0.25, -0.2) is 4.39 Å². The molecule has 0 spiro atoms. The molecule has 3 aromatic rings. The lowest BCUT2D eigenvalue weighted by molar-refractivity contribution is -0.0140. The van der Waals surface area contributed by atoms with Crippen LogP contribution in [0, 0.1) is 17.1 Å². The Morgan fingerprint density at radius 3 is 2.32 bits per heavy atom. The second kappa shape index (κ2) is 10.9. The van der Waals surface area contributed by atoms with Crippen molar-refractivity contribution in [3.63, 3.8) is 0 Å². The molecule has 1 aliphatic heterocycles. The van der Waals surface area contributed by atoms with Gasteiger partial charge in [-0.3, -0.25) is 4.55 Å². The molecule has 0 amide bonds. The Hall–Kier alpha value is -3.09. The molecule has 0 aliphatic carbocycles. The van der Waals surface area contributed by atoms with E-state index in [1.165, 1.54) is 24.3 Å². The Morgan fingerprint density at radius 1 is 1.09 bits per heavy atom. The van der Waals surface area contributed by atoms with E-state index in [9.17, 15) is 12.8 Å². The molecule has 34 heavy (non-hydrogen) atoms. The average molecular weight is 483 g/mol. The van der Waals surface area contributed by atoms with Crippen molar-refractivity contribution >= 4 is 10.1 Å². The number of fused-ring (bicyclic) bond motifs is 1. The van der Waals surface area contributed by atoms with Crippen molar-refractivity contribution in [2.45, 2.75) is 29.9 Å². The van der Waals surface area contributed by atoms with Crippen molar-refractivity contribution < 1.29 is 22.1 Å². The van der Waals surface area contributed by atoms with E-state index in [0.717, 1.165) is 36.1 Å². The first kappa shape index (κ1) is 25.5. The van der Waals surface area contributed by atoms with Crippen LogP contribution >= 0.6 is 0 Å². The van der Waals surface area contributed by atoms with Crippen molar-refractivity contribution in [3.05, 3.63) is 101 Å². The quantitative estimate of drug-likeness (QED) is 0.510. The highest BCUT2D eigenvalue weighted by molar-refractivity contribution is 7.85. The monoisotopic (exact) mass is 482 g/mol. The lowest BCUT2D eigenvalue weighted by Crippen LogP contribution is -2.28. The predicted molar refractivity (Wildman–Crippen MR) is 127 cm³/mol. The zero-order valence-electron chi connectivity index (χ0n) is 19.1. The van der Waals surface area contributed by atoms with Gasteiger partial charge in [0.1, 0.15) is 11.4 Å². The maximum absolute atomic E-state index is 13.4. The fourth-order valence-electron chi connectivity index (χ4n) is 4.00. The molecule has 1 N–H and O–H groups in total. The summed E-state index contributed by atoms with van der Waals surface area (Å²) in [6, 6.07) is 21.9. The summed E-state index contributed by atoms with van der Waals surface area (Å²) >= 11 is 0. The van der Waals surface area contributed by atoms with E-state index in [0.29, 0.717) is 12.2 Å². The molecule has 0 unspecified atom stereocenters. The van der Waals surface area contributed by atoms with Gasteiger partial charge < -0.3 is 9.64 Å². The molecule has 1 aliphatic rings. The number of ether oxygens (including phenoxy) is 1. The normalized spacial score (nSPS) is 16.9. The molecule has 0 saturated heterocycles. The summed E-state index contributed by atoms with van der Waals surface area (Å²) in [5.41, 5.74) is 3.18. The maximum atomic E-state index is 13.4. The molecule has 0 saturated carbocycles. The summed E-state index contributed by atoms with van der Waals surface area (Å²) < 4.78 is 48.9. The average Bonchev–Trinajstić information content (AvgIpc) is 3.18. The lowest BCUT2D eigenvalue weighted by atomic mass is 9.81. The molecule has 8 heteroatoms. The minimum Gasteiger partial charge on any atom is -0.361 e. The highest BCUT2D eigenvalue weighted by Gasteiger charge is 2.41.